The van der Waals surface area contributed by atoms with E-state index in [1.54, 1.807) is 12.1 Å². The largest absolute Gasteiger partial charge is 0.480 e. The summed E-state index contributed by atoms with van der Waals surface area (Å²) in [5.41, 5.74) is 0.205. The predicted molar refractivity (Wildman–Crippen MR) is 94.7 cm³/mol. The van der Waals surface area contributed by atoms with Gasteiger partial charge in [-0.25, -0.2) is 19.6 Å². The topological polar surface area (TPSA) is 156 Å². The lowest BCUT2D eigenvalue weighted by Crippen LogP contribution is -2.58. The van der Waals surface area contributed by atoms with Crippen molar-refractivity contribution < 1.29 is 39.3 Å². The Kier molecular flexibility index (Phi) is 5.50. The van der Waals surface area contributed by atoms with Gasteiger partial charge in [0.1, 0.15) is 6.04 Å². The quantitative estimate of drug-likeness (QED) is 0.559. The maximum absolute atomic E-state index is 13.2. The van der Waals surface area contributed by atoms with E-state index >= 15 is 0 Å². The van der Waals surface area contributed by atoms with Crippen molar-refractivity contribution in [3.8, 4) is 0 Å². The van der Waals surface area contributed by atoms with Crippen LogP contribution in [-0.2, 0) is 9.59 Å². The first-order valence-electron chi connectivity index (χ1n) is 8.93. The average molecular weight is 405 g/mol. The molecule has 0 saturated carbocycles. The number of aliphatic hydroxyl groups excluding tert-OH is 1. The molecule has 0 aliphatic carbocycles. The number of hydrogen-bond acceptors (Lipinski definition) is 6. The van der Waals surface area contributed by atoms with Crippen LogP contribution in [0, 0.1) is 0 Å². The van der Waals surface area contributed by atoms with Gasteiger partial charge in [0, 0.05) is 19.6 Å². The summed E-state index contributed by atoms with van der Waals surface area (Å²) in [4.78, 5) is 62.6. The molecule has 2 unspecified atom stereocenters. The van der Waals surface area contributed by atoms with Crippen molar-refractivity contribution in [1.29, 1.82) is 0 Å². The Labute approximate surface area is 164 Å². The summed E-state index contributed by atoms with van der Waals surface area (Å²) in [5.74, 6) is -3.85. The number of imide groups is 1. The smallest absolute Gasteiger partial charge is 0.426 e. The molecule has 0 radical (unpaired) electrons. The fourth-order valence-electron chi connectivity index (χ4n) is 3.62. The number of carboxylic acids is 1. The Balaban J connectivity index is 1.99. The number of nitrogens with zero attached hydrogens (tertiary/aromatic N) is 3. The van der Waals surface area contributed by atoms with Gasteiger partial charge < -0.3 is 15.3 Å². The summed E-state index contributed by atoms with van der Waals surface area (Å²) >= 11 is 0. The van der Waals surface area contributed by atoms with Gasteiger partial charge in [0.05, 0.1) is 11.1 Å². The number of hydrazine groups is 1. The molecule has 2 aliphatic rings. The monoisotopic (exact) mass is 405 g/mol. The molecule has 11 nitrogen and oxygen atoms in total. The second-order valence-corrected chi connectivity index (χ2v) is 6.64. The highest BCUT2D eigenvalue weighted by atomic mass is 16.4. The molecule has 11 heteroatoms. The first-order chi connectivity index (χ1) is 13.8. The van der Waals surface area contributed by atoms with Crippen LogP contribution in [0.25, 0.3) is 0 Å². The third-order valence-electron chi connectivity index (χ3n) is 4.96. The van der Waals surface area contributed by atoms with Gasteiger partial charge in [-0.15, -0.1) is 0 Å². The van der Waals surface area contributed by atoms with Gasteiger partial charge in [0.2, 0.25) is 0 Å². The molecule has 1 aromatic rings. The Bertz CT molecular complexity index is 829. The normalized spacial score (nSPS) is 19.5. The van der Waals surface area contributed by atoms with E-state index in [1.165, 1.54) is 12.1 Å². The van der Waals surface area contributed by atoms with Crippen molar-refractivity contribution in [2.24, 2.45) is 0 Å². The minimum absolute atomic E-state index is 0.0441. The SMILES string of the molecule is O=C(O)C1CCN(C(=O)O)N1C(=O)C(CCCO)N1C(=O)c2ccccc2C1=O. The molecule has 2 atom stereocenters. The minimum Gasteiger partial charge on any atom is -0.480 e. The molecule has 1 fully saturated rings. The van der Waals surface area contributed by atoms with Gasteiger partial charge in [0.15, 0.2) is 6.04 Å². The Morgan fingerprint density at radius 1 is 1.07 bits per heavy atom. The minimum atomic E-state index is -1.52. The third-order valence-corrected chi connectivity index (χ3v) is 4.96. The van der Waals surface area contributed by atoms with Crippen LogP contribution in [0.4, 0.5) is 4.79 Å². The van der Waals surface area contributed by atoms with E-state index in [0.29, 0.717) is 10.0 Å². The molecule has 0 aromatic heterocycles. The van der Waals surface area contributed by atoms with Crippen molar-refractivity contribution in [2.75, 3.05) is 13.2 Å². The summed E-state index contributed by atoms with van der Waals surface area (Å²) < 4.78 is 0. The van der Waals surface area contributed by atoms with Crippen LogP contribution < -0.4 is 0 Å². The lowest BCUT2D eigenvalue weighted by molar-refractivity contribution is -0.160. The number of amides is 4. The molecule has 4 amide bonds. The van der Waals surface area contributed by atoms with E-state index in [4.69, 9.17) is 0 Å². The molecule has 1 aromatic carbocycles. The number of benzene rings is 1. The summed E-state index contributed by atoms with van der Waals surface area (Å²) in [6.07, 6.45) is -1.74. The number of aliphatic carboxylic acids is 1. The molecular weight excluding hydrogens is 386 g/mol. The Morgan fingerprint density at radius 2 is 1.66 bits per heavy atom. The molecule has 0 bridgehead atoms. The zero-order valence-electron chi connectivity index (χ0n) is 15.2. The lowest BCUT2D eigenvalue weighted by Gasteiger charge is -2.34. The third kappa shape index (κ3) is 3.40. The Morgan fingerprint density at radius 3 is 2.14 bits per heavy atom. The number of rotatable bonds is 6. The number of fused-ring (bicyclic) bond motifs is 1. The zero-order chi connectivity index (χ0) is 21.3. The molecule has 0 spiro atoms. The highest BCUT2D eigenvalue weighted by Crippen LogP contribution is 2.29. The van der Waals surface area contributed by atoms with Crippen LogP contribution in [0.15, 0.2) is 24.3 Å². The molecule has 2 heterocycles. The molecule has 29 heavy (non-hydrogen) atoms. The zero-order valence-corrected chi connectivity index (χ0v) is 15.2. The highest BCUT2D eigenvalue weighted by molar-refractivity contribution is 6.22. The van der Waals surface area contributed by atoms with Gasteiger partial charge in [-0.05, 0) is 25.0 Å². The standard InChI is InChI=1S/C18H19N3O8/c22-9-3-6-12(20-14(23)10-4-1-2-5-11(10)15(20)24)16(25)21-13(17(26)27)7-8-19(21)18(28)29/h1-2,4-5,12-13,22H,3,6-9H2,(H,26,27)(H,28,29). The number of carbonyl (C=O) groups excluding carboxylic acids is 3. The number of carbonyl (C=O) groups is 5. The summed E-state index contributed by atoms with van der Waals surface area (Å²) in [6, 6.07) is 3.10. The number of aliphatic hydroxyl groups is 1. The van der Waals surface area contributed by atoms with E-state index in [9.17, 15) is 39.3 Å². The van der Waals surface area contributed by atoms with Crippen LogP contribution in [0.5, 0.6) is 0 Å². The van der Waals surface area contributed by atoms with Gasteiger partial charge in [-0.2, -0.15) is 0 Å². The number of hydrogen-bond donors (Lipinski definition) is 3. The summed E-state index contributed by atoms with van der Waals surface area (Å²) in [7, 11) is 0. The van der Waals surface area contributed by atoms with E-state index in [-0.39, 0.29) is 43.5 Å². The lowest BCUT2D eigenvalue weighted by atomic mass is 10.1. The molecule has 3 rings (SSSR count). The maximum Gasteiger partial charge on any atom is 0.426 e. The fourth-order valence-corrected chi connectivity index (χ4v) is 3.62. The van der Waals surface area contributed by atoms with Crippen molar-refractivity contribution in [3.05, 3.63) is 35.4 Å². The van der Waals surface area contributed by atoms with Crippen LogP contribution in [0.1, 0.15) is 40.0 Å². The van der Waals surface area contributed by atoms with E-state index in [2.05, 4.69) is 0 Å². The van der Waals surface area contributed by atoms with Crippen LogP contribution in [0.3, 0.4) is 0 Å². The predicted octanol–water partition coefficient (Wildman–Crippen LogP) is 0.00420. The van der Waals surface area contributed by atoms with Crippen molar-refractivity contribution in [2.45, 2.75) is 31.3 Å². The van der Waals surface area contributed by atoms with E-state index in [0.717, 1.165) is 4.90 Å². The van der Waals surface area contributed by atoms with Crippen LogP contribution in [-0.4, -0.2) is 85.3 Å². The molecule has 1 saturated heterocycles. The van der Waals surface area contributed by atoms with Gasteiger partial charge in [0.25, 0.3) is 17.7 Å². The average Bonchev–Trinajstić information content (AvgIpc) is 3.24. The second kappa shape index (κ2) is 7.87. The molecule has 2 aliphatic heterocycles. The fraction of sp³-hybridized carbons (Fsp3) is 0.389. The van der Waals surface area contributed by atoms with Gasteiger partial charge >= 0.3 is 12.1 Å². The molecule has 3 N–H and O–H groups in total. The first-order valence-corrected chi connectivity index (χ1v) is 8.93. The van der Waals surface area contributed by atoms with Crippen molar-refractivity contribution in [3.63, 3.8) is 0 Å². The first kappa shape index (κ1) is 20.3. The molecule has 154 valence electrons. The van der Waals surface area contributed by atoms with E-state index < -0.39 is 41.9 Å². The summed E-state index contributed by atoms with van der Waals surface area (Å²) in [6.45, 7) is -0.551. The summed E-state index contributed by atoms with van der Waals surface area (Å²) in [5, 5.41) is 29.1. The van der Waals surface area contributed by atoms with Crippen molar-refractivity contribution in [1.82, 2.24) is 14.9 Å². The highest BCUT2D eigenvalue weighted by Gasteiger charge is 2.49. The van der Waals surface area contributed by atoms with Gasteiger partial charge in [-0.3, -0.25) is 19.3 Å². The second-order valence-electron chi connectivity index (χ2n) is 6.64. The van der Waals surface area contributed by atoms with Gasteiger partial charge in [-0.1, -0.05) is 12.1 Å². The number of carboxylic acid groups (broad SMARTS) is 2. The maximum atomic E-state index is 13.2. The Hall–Kier alpha value is -3.47. The van der Waals surface area contributed by atoms with E-state index in [1.807, 2.05) is 0 Å². The van der Waals surface area contributed by atoms with Crippen molar-refractivity contribution >= 4 is 29.8 Å². The van der Waals surface area contributed by atoms with Crippen LogP contribution >= 0.6 is 0 Å². The molecular formula is C18H19N3O8. The van der Waals surface area contributed by atoms with Crippen LogP contribution in [0.2, 0.25) is 0 Å².